The molecule has 1 amide bonds. The van der Waals surface area contributed by atoms with Crippen LogP contribution in [0, 0.1) is 6.92 Å². The smallest absolute Gasteiger partial charge is 0.261 e. The Kier molecular flexibility index (Phi) is 6.07. The summed E-state index contributed by atoms with van der Waals surface area (Å²) < 4.78 is 12.8. The molecule has 1 atom stereocenters. The third-order valence-electron chi connectivity index (χ3n) is 5.32. The lowest BCUT2D eigenvalue weighted by atomic mass is 10.0. The molecule has 0 bridgehead atoms. The summed E-state index contributed by atoms with van der Waals surface area (Å²) in [5.74, 6) is 0.939. The fourth-order valence-electron chi connectivity index (χ4n) is 3.64. The van der Waals surface area contributed by atoms with Crippen molar-refractivity contribution in [2.75, 3.05) is 7.11 Å². The molecular weight excluding hydrogens is 404 g/mol. The predicted molar refractivity (Wildman–Crippen MR) is 124 cm³/mol. The maximum atomic E-state index is 12.6. The molecule has 4 aromatic rings. The number of nitrogens with zero attached hydrogens (tertiary/aromatic N) is 3. The van der Waals surface area contributed by atoms with Crippen molar-refractivity contribution in [3.63, 3.8) is 0 Å². The van der Waals surface area contributed by atoms with E-state index in [2.05, 4.69) is 15.4 Å². The van der Waals surface area contributed by atoms with Crippen LogP contribution < -0.4 is 14.8 Å². The number of carbonyl (C=O) groups excluding carboxylic acids is 1. The number of aromatic nitrogens is 3. The minimum atomic E-state index is -0.712. The average Bonchev–Trinajstić information content (AvgIpc) is 3.11. The van der Waals surface area contributed by atoms with E-state index in [0.29, 0.717) is 18.1 Å². The molecule has 0 aliphatic rings. The number of pyridine rings is 1. The van der Waals surface area contributed by atoms with Gasteiger partial charge in [-0.25, -0.2) is 0 Å². The maximum Gasteiger partial charge on any atom is 0.261 e. The van der Waals surface area contributed by atoms with E-state index in [1.807, 2.05) is 74.6 Å². The Bertz CT molecular complexity index is 1230. The van der Waals surface area contributed by atoms with Crippen LogP contribution in [0.2, 0.25) is 0 Å². The summed E-state index contributed by atoms with van der Waals surface area (Å²) in [6, 6.07) is 19.5. The number of methoxy groups -OCH3 is 1. The van der Waals surface area contributed by atoms with Crippen molar-refractivity contribution in [1.29, 1.82) is 0 Å². The number of rotatable bonds is 7. The third kappa shape index (κ3) is 4.42. The monoisotopic (exact) mass is 430 g/mol. The number of nitrogens with one attached hydrogen (secondary N) is 1. The van der Waals surface area contributed by atoms with Crippen molar-refractivity contribution in [3.05, 3.63) is 71.9 Å². The van der Waals surface area contributed by atoms with Crippen LogP contribution in [-0.2, 0) is 18.4 Å². The van der Waals surface area contributed by atoms with Gasteiger partial charge in [0.25, 0.3) is 5.91 Å². The molecule has 4 rings (SSSR count). The first-order valence-corrected chi connectivity index (χ1v) is 10.4. The second-order valence-electron chi connectivity index (χ2n) is 7.61. The van der Waals surface area contributed by atoms with E-state index >= 15 is 0 Å². The molecule has 7 nitrogen and oxygen atoms in total. The van der Waals surface area contributed by atoms with E-state index in [9.17, 15) is 4.79 Å². The summed E-state index contributed by atoms with van der Waals surface area (Å²) in [6.07, 6.45) is -0.712. The molecule has 0 spiro atoms. The largest absolute Gasteiger partial charge is 0.497 e. The molecule has 1 unspecified atom stereocenters. The minimum Gasteiger partial charge on any atom is -0.497 e. The summed E-state index contributed by atoms with van der Waals surface area (Å²) in [7, 11) is 3.48. The van der Waals surface area contributed by atoms with Crippen LogP contribution in [0.25, 0.3) is 22.2 Å². The average molecular weight is 431 g/mol. The van der Waals surface area contributed by atoms with Gasteiger partial charge in [0.2, 0.25) is 5.88 Å². The molecule has 164 valence electrons. The van der Waals surface area contributed by atoms with Crippen molar-refractivity contribution < 1.29 is 14.3 Å². The van der Waals surface area contributed by atoms with Gasteiger partial charge >= 0.3 is 0 Å². The summed E-state index contributed by atoms with van der Waals surface area (Å²) in [5, 5.41) is 8.40. The standard InChI is InChI=1S/C25H26N4O3/c1-16-23-21(19-8-6-5-7-9-19)14-22(27-24(23)29(3)28-16)32-17(2)25(30)26-15-18-10-12-20(31-4)13-11-18/h5-14,17H,15H2,1-4H3,(H,26,30). The molecule has 0 radical (unpaired) electrons. The van der Waals surface area contributed by atoms with Crippen LogP contribution in [0.3, 0.4) is 0 Å². The quantitative estimate of drug-likeness (QED) is 0.479. The summed E-state index contributed by atoms with van der Waals surface area (Å²) in [4.78, 5) is 17.3. The SMILES string of the molecule is COc1ccc(CNC(=O)C(C)Oc2cc(-c3ccccc3)c3c(C)nn(C)c3n2)cc1. The number of hydrogen-bond donors (Lipinski definition) is 1. The molecule has 32 heavy (non-hydrogen) atoms. The summed E-state index contributed by atoms with van der Waals surface area (Å²) in [6.45, 7) is 4.08. The van der Waals surface area contributed by atoms with Gasteiger partial charge in [0, 0.05) is 19.7 Å². The van der Waals surface area contributed by atoms with E-state index in [-0.39, 0.29) is 5.91 Å². The highest BCUT2D eigenvalue weighted by Crippen LogP contribution is 2.33. The van der Waals surface area contributed by atoms with Crippen molar-refractivity contribution in [2.24, 2.45) is 7.05 Å². The molecule has 0 fully saturated rings. The van der Waals surface area contributed by atoms with E-state index in [1.54, 1.807) is 18.7 Å². The molecule has 0 aliphatic carbocycles. The van der Waals surface area contributed by atoms with Gasteiger partial charge in [-0.3, -0.25) is 9.48 Å². The Hall–Kier alpha value is -3.87. The van der Waals surface area contributed by atoms with Crippen molar-refractivity contribution in [1.82, 2.24) is 20.1 Å². The predicted octanol–water partition coefficient (Wildman–Crippen LogP) is 4.04. The topological polar surface area (TPSA) is 78.3 Å². The van der Waals surface area contributed by atoms with Crippen LogP contribution in [0.15, 0.2) is 60.7 Å². The van der Waals surface area contributed by atoms with Crippen molar-refractivity contribution in [2.45, 2.75) is 26.5 Å². The fourth-order valence-corrected chi connectivity index (χ4v) is 3.64. The van der Waals surface area contributed by atoms with E-state index in [1.165, 1.54) is 0 Å². The highest BCUT2D eigenvalue weighted by molar-refractivity contribution is 5.95. The minimum absolute atomic E-state index is 0.217. The molecule has 7 heteroatoms. The van der Waals surface area contributed by atoms with Gasteiger partial charge in [-0.1, -0.05) is 42.5 Å². The molecule has 0 aliphatic heterocycles. The Balaban J connectivity index is 1.54. The van der Waals surface area contributed by atoms with E-state index in [4.69, 9.17) is 9.47 Å². The zero-order chi connectivity index (χ0) is 22.7. The maximum absolute atomic E-state index is 12.6. The number of amides is 1. The Labute approximate surface area is 187 Å². The Morgan fingerprint density at radius 2 is 1.84 bits per heavy atom. The van der Waals surface area contributed by atoms with Gasteiger partial charge in [-0.05, 0) is 42.7 Å². The first kappa shape index (κ1) is 21.4. The van der Waals surface area contributed by atoms with Crippen molar-refractivity contribution in [3.8, 4) is 22.8 Å². The molecular formula is C25H26N4O3. The lowest BCUT2D eigenvalue weighted by Gasteiger charge is -2.15. The number of aryl methyl sites for hydroxylation is 2. The van der Waals surface area contributed by atoms with E-state index in [0.717, 1.165) is 33.5 Å². The molecule has 0 saturated carbocycles. The normalized spacial score (nSPS) is 11.9. The molecule has 2 heterocycles. The number of ether oxygens (including phenoxy) is 2. The fraction of sp³-hybridized carbons (Fsp3) is 0.240. The van der Waals surface area contributed by atoms with Crippen LogP contribution in [0.5, 0.6) is 11.6 Å². The van der Waals surface area contributed by atoms with Gasteiger partial charge in [0.05, 0.1) is 18.2 Å². The second-order valence-corrected chi connectivity index (χ2v) is 7.61. The molecule has 0 saturated heterocycles. The third-order valence-corrected chi connectivity index (χ3v) is 5.32. The number of hydrogen-bond acceptors (Lipinski definition) is 5. The summed E-state index contributed by atoms with van der Waals surface area (Å²) >= 11 is 0. The summed E-state index contributed by atoms with van der Waals surface area (Å²) in [5.41, 5.74) is 4.59. The first-order chi connectivity index (χ1) is 15.5. The first-order valence-electron chi connectivity index (χ1n) is 10.4. The van der Waals surface area contributed by atoms with Crippen LogP contribution in [-0.4, -0.2) is 33.9 Å². The zero-order valence-electron chi connectivity index (χ0n) is 18.6. The van der Waals surface area contributed by atoms with Crippen LogP contribution >= 0.6 is 0 Å². The lowest BCUT2D eigenvalue weighted by molar-refractivity contribution is -0.127. The highest BCUT2D eigenvalue weighted by atomic mass is 16.5. The van der Waals surface area contributed by atoms with Crippen LogP contribution in [0.4, 0.5) is 0 Å². The van der Waals surface area contributed by atoms with Gasteiger partial charge in [-0.2, -0.15) is 10.1 Å². The number of carbonyl (C=O) groups is 1. The van der Waals surface area contributed by atoms with Gasteiger partial charge in [0.15, 0.2) is 11.8 Å². The second kappa shape index (κ2) is 9.09. The highest BCUT2D eigenvalue weighted by Gasteiger charge is 2.19. The Morgan fingerprint density at radius 3 is 2.53 bits per heavy atom. The lowest BCUT2D eigenvalue weighted by Crippen LogP contribution is -2.36. The number of benzene rings is 2. The van der Waals surface area contributed by atoms with E-state index < -0.39 is 6.10 Å². The molecule has 1 N–H and O–H groups in total. The molecule has 2 aromatic heterocycles. The number of fused-ring (bicyclic) bond motifs is 1. The van der Waals surface area contributed by atoms with Gasteiger partial charge in [-0.15, -0.1) is 0 Å². The van der Waals surface area contributed by atoms with Gasteiger partial charge in [0.1, 0.15) is 5.75 Å². The van der Waals surface area contributed by atoms with Gasteiger partial charge < -0.3 is 14.8 Å². The van der Waals surface area contributed by atoms with Crippen molar-refractivity contribution >= 4 is 16.9 Å². The van der Waals surface area contributed by atoms with Crippen LogP contribution in [0.1, 0.15) is 18.2 Å². The molecule has 2 aromatic carbocycles. The zero-order valence-corrected chi connectivity index (χ0v) is 18.6. The Morgan fingerprint density at radius 1 is 1.12 bits per heavy atom.